The molecule has 5 nitrogen and oxygen atoms in total. The highest BCUT2D eigenvalue weighted by Gasteiger charge is 2.30. The first kappa shape index (κ1) is 6.85. The lowest BCUT2D eigenvalue weighted by Gasteiger charge is -2.26. The molecule has 56 valence electrons. The van der Waals surface area contributed by atoms with Gasteiger partial charge in [-0.1, -0.05) is 0 Å². The summed E-state index contributed by atoms with van der Waals surface area (Å²) in [6, 6.07) is 0. The summed E-state index contributed by atoms with van der Waals surface area (Å²) in [4.78, 5) is 11.0. The number of hydrazone groups is 1. The van der Waals surface area contributed by atoms with Crippen molar-refractivity contribution in [1.82, 2.24) is 10.7 Å². The molecule has 0 saturated heterocycles. The molecular formula is C5H10N4O. The predicted octanol–water partition coefficient (Wildman–Crippen LogP) is -1.29. The number of guanidine groups is 1. The summed E-state index contributed by atoms with van der Waals surface area (Å²) in [6.45, 7) is 3.44. The Bertz CT molecular complexity index is 196. The van der Waals surface area contributed by atoms with E-state index in [1.54, 1.807) is 13.8 Å². The molecule has 0 aromatic rings. The zero-order valence-electron chi connectivity index (χ0n) is 5.93. The molecule has 5 heteroatoms. The van der Waals surface area contributed by atoms with E-state index < -0.39 is 5.54 Å². The van der Waals surface area contributed by atoms with Gasteiger partial charge in [0.15, 0.2) is 0 Å². The molecule has 0 unspecified atom stereocenters. The number of hydrogen-bond donors (Lipinski definition) is 3. The Balaban J connectivity index is 2.80. The molecule has 0 bridgehead atoms. The first-order valence-corrected chi connectivity index (χ1v) is 2.94. The number of carbonyl (C=O) groups excluding carboxylic acids is 1. The van der Waals surface area contributed by atoms with Crippen LogP contribution in [0.3, 0.4) is 0 Å². The Labute approximate surface area is 58.7 Å². The van der Waals surface area contributed by atoms with E-state index in [4.69, 9.17) is 5.73 Å². The van der Waals surface area contributed by atoms with Gasteiger partial charge in [0.05, 0.1) is 0 Å². The van der Waals surface area contributed by atoms with Gasteiger partial charge in [-0.25, -0.2) is 0 Å². The maximum Gasteiger partial charge on any atom is 0.253 e. The third kappa shape index (κ3) is 1.02. The Hall–Kier alpha value is -1.26. The van der Waals surface area contributed by atoms with Crippen molar-refractivity contribution in [2.45, 2.75) is 19.4 Å². The van der Waals surface area contributed by atoms with E-state index in [0.29, 0.717) is 0 Å². The minimum atomic E-state index is -0.650. The predicted molar refractivity (Wildman–Crippen MR) is 37.0 cm³/mol. The summed E-state index contributed by atoms with van der Waals surface area (Å²) in [6.07, 6.45) is 0. The van der Waals surface area contributed by atoms with Crippen molar-refractivity contribution in [2.75, 3.05) is 0 Å². The quantitative estimate of drug-likeness (QED) is 0.394. The van der Waals surface area contributed by atoms with Crippen molar-refractivity contribution in [1.29, 1.82) is 0 Å². The number of hydrogen-bond acceptors (Lipinski definition) is 4. The van der Waals surface area contributed by atoms with Gasteiger partial charge in [0.25, 0.3) is 5.91 Å². The molecule has 1 heterocycles. The van der Waals surface area contributed by atoms with E-state index in [-0.39, 0.29) is 11.9 Å². The molecule has 1 rings (SSSR count). The zero-order chi connectivity index (χ0) is 7.78. The van der Waals surface area contributed by atoms with Gasteiger partial charge in [-0.05, 0) is 13.8 Å². The fraction of sp³-hybridized carbons (Fsp3) is 0.600. The van der Waals surface area contributed by atoms with Crippen LogP contribution in [0.5, 0.6) is 0 Å². The van der Waals surface area contributed by atoms with Gasteiger partial charge in [0.2, 0.25) is 5.96 Å². The van der Waals surface area contributed by atoms with E-state index in [1.165, 1.54) is 0 Å². The van der Waals surface area contributed by atoms with Crippen molar-refractivity contribution in [3.05, 3.63) is 0 Å². The van der Waals surface area contributed by atoms with Crippen LogP contribution in [0.2, 0.25) is 0 Å². The summed E-state index contributed by atoms with van der Waals surface area (Å²) in [7, 11) is 0. The number of rotatable bonds is 0. The molecule has 10 heavy (non-hydrogen) atoms. The van der Waals surface area contributed by atoms with Crippen LogP contribution in [-0.2, 0) is 4.79 Å². The molecular weight excluding hydrogens is 132 g/mol. The second-order valence-electron chi connectivity index (χ2n) is 2.69. The van der Waals surface area contributed by atoms with Crippen molar-refractivity contribution >= 4 is 11.9 Å². The summed E-state index contributed by atoms with van der Waals surface area (Å²) in [5.74, 6) is -0.0516. The van der Waals surface area contributed by atoms with Crippen LogP contribution in [0.1, 0.15) is 13.8 Å². The highest BCUT2D eigenvalue weighted by molar-refractivity contribution is 6.01. The maximum atomic E-state index is 11.0. The second kappa shape index (κ2) is 1.86. The summed E-state index contributed by atoms with van der Waals surface area (Å²) in [5.41, 5.74) is 7.16. The van der Waals surface area contributed by atoms with Gasteiger partial charge in [0.1, 0.15) is 5.54 Å². The number of amides is 1. The number of nitrogens with one attached hydrogen (secondary N) is 2. The Morgan fingerprint density at radius 2 is 2.20 bits per heavy atom. The number of nitrogens with zero attached hydrogens (tertiary/aromatic N) is 1. The molecule has 0 aromatic heterocycles. The van der Waals surface area contributed by atoms with Crippen molar-refractivity contribution in [3.8, 4) is 0 Å². The fourth-order valence-corrected chi connectivity index (χ4v) is 0.551. The van der Waals surface area contributed by atoms with Crippen LogP contribution in [0.4, 0.5) is 0 Å². The largest absolute Gasteiger partial charge is 0.368 e. The van der Waals surface area contributed by atoms with Gasteiger partial charge >= 0.3 is 0 Å². The first-order valence-electron chi connectivity index (χ1n) is 2.94. The van der Waals surface area contributed by atoms with Crippen LogP contribution in [0.25, 0.3) is 0 Å². The van der Waals surface area contributed by atoms with Crippen LogP contribution in [-0.4, -0.2) is 17.4 Å². The van der Waals surface area contributed by atoms with Gasteiger partial charge < -0.3 is 5.73 Å². The highest BCUT2D eigenvalue weighted by atomic mass is 16.2. The SMILES string of the molecule is CC1(C)NN=C(N)NC1=O. The average Bonchev–Trinajstić information content (AvgIpc) is 1.81. The molecule has 0 atom stereocenters. The standard InChI is InChI=1S/C5H10N4O/c1-5(2)3(10)7-4(6)8-9-5/h9H,1-2H3,(H3,6,7,8,10). The summed E-state index contributed by atoms with van der Waals surface area (Å²) in [5, 5.41) is 6.04. The first-order chi connectivity index (χ1) is 4.52. The van der Waals surface area contributed by atoms with Gasteiger partial charge in [-0.15, -0.1) is 5.10 Å². The normalized spacial score (nSPS) is 22.6. The van der Waals surface area contributed by atoms with Crippen molar-refractivity contribution < 1.29 is 4.79 Å². The molecule has 0 fully saturated rings. The Kier molecular flexibility index (Phi) is 1.28. The molecule has 0 spiro atoms. The third-order valence-electron chi connectivity index (χ3n) is 1.27. The zero-order valence-corrected chi connectivity index (χ0v) is 5.93. The smallest absolute Gasteiger partial charge is 0.253 e. The van der Waals surface area contributed by atoms with Gasteiger partial charge in [-0.3, -0.25) is 15.5 Å². The lowest BCUT2D eigenvalue weighted by Crippen LogP contribution is -2.59. The third-order valence-corrected chi connectivity index (χ3v) is 1.27. The molecule has 1 amide bonds. The van der Waals surface area contributed by atoms with E-state index in [1.807, 2.05) is 0 Å². The summed E-state index contributed by atoms with van der Waals surface area (Å²) < 4.78 is 0. The van der Waals surface area contributed by atoms with E-state index in [0.717, 1.165) is 0 Å². The van der Waals surface area contributed by atoms with Crippen LogP contribution < -0.4 is 16.5 Å². The van der Waals surface area contributed by atoms with Crippen molar-refractivity contribution in [2.24, 2.45) is 10.8 Å². The van der Waals surface area contributed by atoms with Gasteiger partial charge in [-0.2, -0.15) is 0 Å². The van der Waals surface area contributed by atoms with Gasteiger partial charge in [0, 0.05) is 0 Å². The van der Waals surface area contributed by atoms with Crippen LogP contribution >= 0.6 is 0 Å². The maximum absolute atomic E-state index is 11.0. The second-order valence-corrected chi connectivity index (χ2v) is 2.69. The molecule has 0 saturated carbocycles. The van der Waals surface area contributed by atoms with Crippen LogP contribution in [0, 0.1) is 0 Å². The molecule has 0 aliphatic carbocycles. The minimum absolute atomic E-state index is 0.115. The molecule has 0 radical (unpaired) electrons. The molecule has 0 aromatic carbocycles. The van der Waals surface area contributed by atoms with Crippen LogP contribution in [0.15, 0.2) is 5.10 Å². The Morgan fingerprint density at radius 3 is 2.60 bits per heavy atom. The highest BCUT2D eigenvalue weighted by Crippen LogP contribution is 2.03. The van der Waals surface area contributed by atoms with Crippen molar-refractivity contribution in [3.63, 3.8) is 0 Å². The molecule has 4 N–H and O–H groups in total. The summed E-state index contributed by atoms with van der Waals surface area (Å²) >= 11 is 0. The monoisotopic (exact) mass is 142 g/mol. The number of carbonyl (C=O) groups is 1. The van der Waals surface area contributed by atoms with E-state index in [9.17, 15) is 4.79 Å². The van der Waals surface area contributed by atoms with E-state index >= 15 is 0 Å². The Morgan fingerprint density at radius 1 is 1.60 bits per heavy atom. The average molecular weight is 142 g/mol. The fourth-order valence-electron chi connectivity index (χ4n) is 0.551. The topological polar surface area (TPSA) is 79.5 Å². The lowest BCUT2D eigenvalue weighted by molar-refractivity contribution is -0.125. The lowest BCUT2D eigenvalue weighted by atomic mass is 10.1. The molecule has 1 aliphatic heterocycles. The molecule has 1 aliphatic rings. The number of nitrogens with two attached hydrogens (primary N) is 1. The van der Waals surface area contributed by atoms with E-state index in [2.05, 4.69) is 15.8 Å². The minimum Gasteiger partial charge on any atom is -0.368 e.